The molecular formula is C45H43N4O4S2+. The Morgan fingerprint density at radius 2 is 1.53 bits per heavy atom. The number of rotatable bonds is 9. The summed E-state index contributed by atoms with van der Waals surface area (Å²) >= 11 is 1.70. The molecule has 0 amide bonds. The topological polar surface area (TPSA) is 84.5 Å². The van der Waals surface area contributed by atoms with Gasteiger partial charge in [-0.05, 0) is 114 Å². The van der Waals surface area contributed by atoms with Crippen molar-refractivity contribution in [2.45, 2.75) is 51.5 Å². The predicted octanol–water partition coefficient (Wildman–Crippen LogP) is 10.5. The van der Waals surface area contributed by atoms with Gasteiger partial charge in [-0.3, -0.25) is 4.55 Å². The molecular weight excluding hydrogens is 725 g/mol. The Morgan fingerprint density at radius 3 is 2.22 bits per heavy atom. The molecule has 0 saturated heterocycles. The molecule has 0 unspecified atom stereocenters. The Balaban J connectivity index is 1.07. The van der Waals surface area contributed by atoms with Crippen LogP contribution in [0.25, 0.3) is 50.4 Å². The summed E-state index contributed by atoms with van der Waals surface area (Å²) in [6.07, 6.45) is 13.1. The Bertz CT molecular complexity index is 2840. The van der Waals surface area contributed by atoms with Crippen LogP contribution in [-0.2, 0) is 16.7 Å². The van der Waals surface area contributed by atoms with Gasteiger partial charge in [0.1, 0.15) is 6.54 Å². The zero-order valence-electron chi connectivity index (χ0n) is 31.1. The highest BCUT2D eigenvalue weighted by Crippen LogP contribution is 2.49. The number of benzene rings is 4. The molecule has 55 heavy (non-hydrogen) atoms. The second kappa shape index (κ2) is 13.8. The van der Waals surface area contributed by atoms with Gasteiger partial charge in [0.2, 0.25) is 5.58 Å². The Hall–Kier alpha value is -5.29. The molecule has 1 N–H and O–H groups in total. The first-order valence-electron chi connectivity index (χ1n) is 18.8. The van der Waals surface area contributed by atoms with Gasteiger partial charge in [0.25, 0.3) is 15.6 Å². The molecule has 10 heteroatoms. The summed E-state index contributed by atoms with van der Waals surface area (Å²) < 4.78 is 46.3. The van der Waals surface area contributed by atoms with E-state index in [2.05, 4.69) is 155 Å². The van der Waals surface area contributed by atoms with Crippen molar-refractivity contribution in [1.82, 2.24) is 9.13 Å². The maximum absolute atomic E-state index is 11.7. The van der Waals surface area contributed by atoms with Crippen LogP contribution in [0.5, 0.6) is 0 Å². The van der Waals surface area contributed by atoms with Crippen molar-refractivity contribution in [3.05, 3.63) is 144 Å². The summed E-state index contributed by atoms with van der Waals surface area (Å²) in [5.74, 6) is 0.530. The van der Waals surface area contributed by atoms with Crippen molar-refractivity contribution in [2.24, 2.45) is 5.41 Å². The number of hydrogen-bond donors (Lipinski definition) is 1. The van der Waals surface area contributed by atoms with Gasteiger partial charge in [-0.15, -0.1) is 0 Å². The van der Waals surface area contributed by atoms with Crippen molar-refractivity contribution < 1.29 is 22.0 Å². The van der Waals surface area contributed by atoms with Gasteiger partial charge < -0.3 is 18.5 Å². The summed E-state index contributed by atoms with van der Waals surface area (Å²) in [4.78, 5) is 3.32. The van der Waals surface area contributed by atoms with Gasteiger partial charge in [-0.1, -0.05) is 68.1 Å². The summed E-state index contributed by atoms with van der Waals surface area (Å²) in [5, 5.41) is 3.42. The van der Waals surface area contributed by atoms with Gasteiger partial charge in [0.15, 0.2) is 0 Å². The smallest absolute Gasteiger partial charge is 0.374 e. The van der Waals surface area contributed by atoms with Crippen LogP contribution in [0.2, 0.25) is 0 Å². The molecule has 8 nitrogen and oxygen atoms in total. The van der Waals surface area contributed by atoms with Crippen molar-refractivity contribution >= 4 is 66.5 Å². The van der Waals surface area contributed by atoms with E-state index in [-0.39, 0.29) is 11.2 Å². The fraction of sp³-hybridized carbons (Fsp3) is 0.222. The molecule has 0 atom stereocenters. The normalized spacial score (nSPS) is 17.2. The number of oxazole rings is 1. The molecule has 4 heterocycles. The second-order valence-electron chi connectivity index (χ2n) is 15.3. The first-order valence-corrected chi connectivity index (χ1v) is 21.2. The molecule has 0 fully saturated rings. The second-order valence-corrected chi connectivity index (χ2v) is 17.9. The first kappa shape index (κ1) is 35.4. The number of nitrogens with zero attached hydrogens (tertiary/aromatic N) is 4. The van der Waals surface area contributed by atoms with Crippen LogP contribution in [0.15, 0.2) is 147 Å². The molecule has 1 aliphatic carbocycles. The number of hydrogen-bond acceptors (Lipinski definition) is 5. The minimum absolute atomic E-state index is 0.00720. The molecule has 0 spiro atoms. The van der Waals surface area contributed by atoms with Gasteiger partial charge >= 0.3 is 5.89 Å². The van der Waals surface area contributed by atoms with Crippen LogP contribution in [0, 0.1) is 5.41 Å². The number of para-hydroxylation sites is 2. The fourth-order valence-electron chi connectivity index (χ4n) is 8.28. The largest absolute Gasteiger partial charge is 0.398 e. The van der Waals surface area contributed by atoms with Crippen molar-refractivity contribution in [3.63, 3.8) is 0 Å². The minimum Gasteiger partial charge on any atom is -0.398 e. The molecule has 7 aromatic rings. The highest BCUT2D eigenvalue weighted by molar-refractivity contribution is 8.03. The Morgan fingerprint density at radius 1 is 0.855 bits per heavy atom. The van der Waals surface area contributed by atoms with E-state index in [0.29, 0.717) is 13.0 Å². The van der Waals surface area contributed by atoms with Gasteiger partial charge in [-0.2, -0.15) is 13.0 Å². The number of aromatic nitrogens is 3. The average Bonchev–Trinajstić information content (AvgIpc) is 3.93. The van der Waals surface area contributed by atoms with Crippen molar-refractivity contribution in [1.29, 1.82) is 0 Å². The van der Waals surface area contributed by atoms with Gasteiger partial charge in [0.05, 0.1) is 39.3 Å². The predicted molar refractivity (Wildman–Crippen MR) is 224 cm³/mol. The molecule has 0 bridgehead atoms. The summed E-state index contributed by atoms with van der Waals surface area (Å²) in [7, 11) is -4.08. The summed E-state index contributed by atoms with van der Waals surface area (Å²) in [6.45, 7) is 7.99. The van der Waals surface area contributed by atoms with Crippen LogP contribution in [0.4, 0.5) is 5.69 Å². The van der Waals surface area contributed by atoms with Crippen molar-refractivity contribution in [2.75, 3.05) is 17.2 Å². The molecule has 0 saturated carbocycles. The fourth-order valence-corrected chi connectivity index (χ4v) is 9.92. The third-order valence-corrected chi connectivity index (χ3v) is 12.6. The Kier molecular flexibility index (Phi) is 8.87. The van der Waals surface area contributed by atoms with E-state index in [1.807, 2.05) is 12.1 Å². The van der Waals surface area contributed by atoms with Crippen LogP contribution in [-0.4, -0.2) is 34.4 Å². The summed E-state index contributed by atoms with van der Waals surface area (Å²) in [5.41, 5.74) is 9.77. The maximum Gasteiger partial charge on any atom is 0.374 e. The highest BCUT2D eigenvalue weighted by Gasteiger charge is 2.31. The number of anilines is 1. The third kappa shape index (κ3) is 6.94. The molecule has 4 aromatic carbocycles. The minimum atomic E-state index is -4.08. The van der Waals surface area contributed by atoms with Crippen LogP contribution < -0.4 is 9.47 Å². The average molecular weight is 768 g/mol. The number of thioether (sulfide) groups is 1. The third-order valence-electron chi connectivity index (χ3n) is 10.6. The van der Waals surface area contributed by atoms with E-state index in [1.54, 1.807) is 11.8 Å². The monoisotopic (exact) mass is 767 g/mol. The van der Waals surface area contributed by atoms with Crippen molar-refractivity contribution in [3.8, 4) is 11.4 Å². The zero-order chi connectivity index (χ0) is 37.9. The summed E-state index contributed by atoms with van der Waals surface area (Å²) in [6, 6.07) is 33.9. The number of aryl methyl sites for hydroxylation is 1. The van der Waals surface area contributed by atoms with E-state index in [4.69, 9.17) is 4.42 Å². The highest BCUT2D eigenvalue weighted by atomic mass is 32.2. The first-order chi connectivity index (χ1) is 26.5. The standard InChI is InChI=1S/C45H42N4O4S2/c1-4-46-39-27-35(47-21-18-33-10-5-7-12-37(33)47)14-16-41(39)53-43(46)25-31-24-32(30-45(2,3)29-31)26-44-49(20-9-23-55(50,51)52)40-28-36(15-17-42(40)54-44)48-22-19-34-11-6-8-13-38(34)48/h5-8,10-19,21-22,24-28H,4,9,20,23,29-30H2,1-3H3/p+1. The molecule has 2 aliphatic rings. The van der Waals surface area contributed by atoms with E-state index in [0.717, 1.165) is 68.9 Å². The van der Waals surface area contributed by atoms with Crippen LogP contribution >= 0.6 is 11.8 Å². The lowest BCUT2D eigenvalue weighted by Gasteiger charge is -2.31. The molecule has 1 aliphatic heterocycles. The SMILES string of the molecule is CC[n+]1c(/C=C2C=C(/C=C3\Sc4ccc(-n5ccc6ccccc65)cc4N3CCCS(=O)(=O)O)CC(C)(C)C/2)oc2ccc(-n3ccc4ccccc43)cc21. The molecule has 3 aromatic heterocycles. The molecule has 0 radical (unpaired) electrons. The van der Waals surface area contributed by atoms with E-state index in [1.165, 1.54) is 27.4 Å². The van der Waals surface area contributed by atoms with E-state index < -0.39 is 10.1 Å². The molecule has 278 valence electrons. The van der Waals surface area contributed by atoms with Gasteiger partial charge in [0, 0.05) is 35.6 Å². The zero-order valence-corrected chi connectivity index (χ0v) is 32.8. The quantitative estimate of drug-likeness (QED) is 0.116. The molecule has 9 rings (SSSR count). The van der Waals surface area contributed by atoms with E-state index >= 15 is 0 Å². The van der Waals surface area contributed by atoms with E-state index in [9.17, 15) is 13.0 Å². The lowest BCUT2D eigenvalue weighted by molar-refractivity contribution is -0.674. The lowest BCUT2D eigenvalue weighted by Crippen LogP contribution is -2.34. The lowest BCUT2D eigenvalue weighted by atomic mass is 9.75. The Labute approximate surface area is 325 Å². The number of fused-ring (bicyclic) bond motifs is 4. The van der Waals surface area contributed by atoms with Gasteiger partial charge in [-0.25, -0.2) is 0 Å². The maximum atomic E-state index is 11.7. The van der Waals surface area contributed by atoms with Crippen LogP contribution in [0.1, 0.15) is 45.9 Å². The number of allylic oxidation sites excluding steroid dienone is 4. The van der Waals surface area contributed by atoms with Crippen LogP contribution in [0.3, 0.4) is 0 Å².